The molecule has 2 aliphatic rings. The highest BCUT2D eigenvalue weighted by atomic mass is 16.5. The lowest BCUT2D eigenvalue weighted by Crippen LogP contribution is -2.28. The van der Waals surface area contributed by atoms with Gasteiger partial charge in [-0.2, -0.15) is 0 Å². The van der Waals surface area contributed by atoms with Gasteiger partial charge in [-0.1, -0.05) is 19.3 Å². The molecule has 1 saturated heterocycles. The summed E-state index contributed by atoms with van der Waals surface area (Å²) in [6.45, 7) is 2.33. The number of hydrogen-bond acceptors (Lipinski definition) is 3. The summed E-state index contributed by atoms with van der Waals surface area (Å²) in [5.41, 5.74) is 0. The summed E-state index contributed by atoms with van der Waals surface area (Å²) in [6.07, 6.45) is 5.10. The maximum Gasteiger partial charge on any atom is 0.0970 e. The van der Waals surface area contributed by atoms with E-state index in [0.717, 1.165) is 19.1 Å². The largest absolute Gasteiger partial charge is 0.389 e. The van der Waals surface area contributed by atoms with Gasteiger partial charge in [-0.25, -0.2) is 0 Å². The molecule has 0 spiro atoms. The van der Waals surface area contributed by atoms with Crippen molar-refractivity contribution < 1.29 is 9.84 Å². The Morgan fingerprint density at radius 3 is 2.69 bits per heavy atom. The lowest BCUT2D eigenvalue weighted by molar-refractivity contribution is -0.0156. The molecular formula is C10H19NO2. The van der Waals surface area contributed by atoms with Gasteiger partial charge in [0.2, 0.25) is 0 Å². The molecule has 76 valence electrons. The smallest absolute Gasteiger partial charge is 0.0970 e. The van der Waals surface area contributed by atoms with Crippen LogP contribution in [0.15, 0.2) is 0 Å². The van der Waals surface area contributed by atoms with Crippen LogP contribution in [0, 0.1) is 5.92 Å². The molecule has 1 aliphatic carbocycles. The highest BCUT2D eigenvalue weighted by Gasteiger charge is 2.26. The highest BCUT2D eigenvalue weighted by molar-refractivity contribution is 4.81. The fraction of sp³-hybridized carbons (Fsp3) is 1.00. The van der Waals surface area contributed by atoms with Gasteiger partial charge in [-0.3, -0.25) is 0 Å². The van der Waals surface area contributed by atoms with Crippen molar-refractivity contribution in [1.29, 1.82) is 0 Å². The Bertz CT molecular complexity index is 159. The summed E-state index contributed by atoms with van der Waals surface area (Å²) in [5.74, 6) is 0.909. The van der Waals surface area contributed by atoms with Crippen LogP contribution in [0.2, 0.25) is 0 Å². The van der Waals surface area contributed by atoms with Crippen LogP contribution in [0.1, 0.15) is 25.7 Å². The Morgan fingerprint density at radius 1 is 1.31 bits per heavy atom. The molecule has 0 amide bonds. The first-order chi connectivity index (χ1) is 6.36. The molecule has 13 heavy (non-hydrogen) atoms. The van der Waals surface area contributed by atoms with Crippen molar-refractivity contribution in [3.63, 3.8) is 0 Å². The van der Waals surface area contributed by atoms with E-state index in [1.807, 2.05) is 0 Å². The van der Waals surface area contributed by atoms with E-state index in [0.29, 0.717) is 6.54 Å². The summed E-state index contributed by atoms with van der Waals surface area (Å²) in [5, 5.41) is 12.6. The zero-order valence-corrected chi connectivity index (χ0v) is 8.04. The van der Waals surface area contributed by atoms with Crippen molar-refractivity contribution in [1.82, 2.24) is 5.32 Å². The second kappa shape index (κ2) is 4.40. The number of hydrogen-bond donors (Lipinski definition) is 2. The Balaban J connectivity index is 1.56. The Kier molecular flexibility index (Phi) is 3.19. The van der Waals surface area contributed by atoms with Gasteiger partial charge in [-0.05, 0) is 12.3 Å². The average Bonchev–Trinajstić information content (AvgIpc) is 2.42. The summed E-state index contributed by atoms with van der Waals surface area (Å²) in [7, 11) is 0. The molecule has 1 saturated carbocycles. The van der Waals surface area contributed by atoms with E-state index in [-0.39, 0.29) is 12.2 Å². The number of aliphatic hydroxyl groups is 1. The van der Waals surface area contributed by atoms with Gasteiger partial charge in [0.1, 0.15) is 0 Å². The van der Waals surface area contributed by atoms with Crippen LogP contribution in [-0.2, 0) is 4.74 Å². The molecule has 3 nitrogen and oxygen atoms in total. The van der Waals surface area contributed by atoms with Gasteiger partial charge in [-0.15, -0.1) is 0 Å². The minimum Gasteiger partial charge on any atom is -0.389 e. The quantitative estimate of drug-likeness (QED) is 0.671. The van der Waals surface area contributed by atoms with Crippen LogP contribution < -0.4 is 5.32 Å². The van der Waals surface area contributed by atoms with E-state index in [9.17, 15) is 5.11 Å². The SMILES string of the molecule is OC1CNCC1OCCC1CCC1. The molecule has 1 aliphatic heterocycles. The number of ether oxygens (including phenoxy) is 1. The molecule has 2 N–H and O–H groups in total. The first-order valence-electron chi connectivity index (χ1n) is 5.36. The average molecular weight is 185 g/mol. The molecule has 0 radical (unpaired) electrons. The van der Waals surface area contributed by atoms with Crippen molar-refractivity contribution in [3.8, 4) is 0 Å². The number of nitrogens with one attached hydrogen (secondary N) is 1. The maximum atomic E-state index is 9.44. The third kappa shape index (κ3) is 2.42. The van der Waals surface area contributed by atoms with Crippen LogP contribution in [-0.4, -0.2) is 37.0 Å². The topological polar surface area (TPSA) is 41.5 Å². The fourth-order valence-corrected chi connectivity index (χ4v) is 1.98. The minimum atomic E-state index is -0.290. The monoisotopic (exact) mass is 185 g/mol. The molecular weight excluding hydrogens is 166 g/mol. The zero-order chi connectivity index (χ0) is 9.10. The van der Waals surface area contributed by atoms with Crippen molar-refractivity contribution in [3.05, 3.63) is 0 Å². The molecule has 0 bridgehead atoms. The van der Waals surface area contributed by atoms with Gasteiger partial charge < -0.3 is 15.2 Å². The molecule has 2 fully saturated rings. The Labute approximate surface area is 79.5 Å². The number of rotatable bonds is 4. The van der Waals surface area contributed by atoms with Crippen LogP contribution in [0.25, 0.3) is 0 Å². The molecule has 0 aromatic heterocycles. The van der Waals surface area contributed by atoms with Gasteiger partial charge in [0, 0.05) is 19.7 Å². The van der Waals surface area contributed by atoms with Gasteiger partial charge in [0.05, 0.1) is 12.2 Å². The molecule has 0 aromatic rings. The summed E-state index contributed by atoms with van der Waals surface area (Å²) in [4.78, 5) is 0. The van der Waals surface area contributed by atoms with Crippen molar-refractivity contribution in [2.75, 3.05) is 19.7 Å². The van der Waals surface area contributed by atoms with E-state index in [1.165, 1.54) is 25.7 Å². The minimum absolute atomic E-state index is 0.0417. The van der Waals surface area contributed by atoms with E-state index in [4.69, 9.17) is 4.74 Å². The van der Waals surface area contributed by atoms with Crippen LogP contribution in [0.3, 0.4) is 0 Å². The van der Waals surface area contributed by atoms with Gasteiger partial charge >= 0.3 is 0 Å². The zero-order valence-electron chi connectivity index (χ0n) is 8.04. The van der Waals surface area contributed by atoms with Crippen LogP contribution in [0.5, 0.6) is 0 Å². The first-order valence-corrected chi connectivity index (χ1v) is 5.36. The van der Waals surface area contributed by atoms with E-state index >= 15 is 0 Å². The molecule has 1 heterocycles. The lowest BCUT2D eigenvalue weighted by atomic mass is 9.83. The molecule has 2 rings (SSSR count). The molecule has 3 heteroatoms. The second-order valence-electron chi connectivity index (χ2n) is 4.22. The van der Waals surface area contributed by atoms with Crippen molar-refractivity contribution in [2.24, 2.45) is 5.92 Å². The number of aliphatic hydroxyl groups excluding tert-OH is 1. The standard InChI is InChI=1S/C10H19NO2/c12-9-6-11-7-10(9)13-5-4-8-2-1-3-8/h8-12H,1-7H2. The predicted octanol–water partition coefficient (Wildman–Crippen LogP) is 0.526. The Hall–Kier alpha value is -0.120. The highest BCUT2D eigenvalue weighted by Crippen LogP contribution is 2.29. The summed E-state index contributed by atoms with van der Waals surface area (Å²) in [6, 6.07) is 0. The maximum absolute atomic E-state index is 9.44. The van der Waals surface area contributed by atoms with E-state index in [1.54, 1.807) is 0 Å². The van der Waals surface area contributed by atoms with Crippen molar-refractivity contribution >= 4 is 0 Å². The molecule has 2 unspecified atom stereocenters. The van der Waals surface area contributed by atoms with E-state index in [2.05, 4.69) is 5.32 Å². The first kappa shape index (κ1) is 9.44. The van der Waals surface area contributed by atoms with E-state index < -0.39 is 0 Å². The predicted molar refractivity (Wildman–Crippen MR) is 50.6 cm³/mol. The van der Waals surface area contributed by atoms with Crippen LogP contribution in [0.4, 0.5) is 0 Å². The van der Waals surface area contributed by atoms with Gasteiger partial charge in [0.15, 0.2) is 0 Å². The van der Waals surface area contributed by atoms with Crippen molar-refractivity contribution in [2.45, 2.75) is 37.9 Å². The fourth-order valence-electron chi connectivity index (χ4n) is 1.98. The third-order valence-corrected chi connectivity index (χ3v) is 3.21. The molecule has 2 atom stereocenters. The van der Waals surface area contributed by atoms with Gasteiger partial charge in [0.25, 0.3) is 0 Å². The molecule has 0 aromatic carbocycles. The Morgan fingerprint density at radius 2 is 2.15 bits per heavy atom. The summed E-state index contributed by atoms with van der Waals surface area (Å²) >= 11 is 0. The number of β-amino-alcohol motifs (C(OH)–C–C–N with tert-alkyl or cyclic N) is 1. The lowest BCUT2D eigenvalue weighted by Gasteiger charge is -2.25. The van der Waals surface area contributed by atoms with Crippen LogP contribution >= 0.6 is 0 Å². The second-order valence-corrected chi connectivity index (χ2v) is 4.22. The summed E-state index contributed by atoms with van der Waals surface area (Å²) < 4.78 is 5.61. The third-order valence-electron chi connectivity index (χ3n) is 3.21. The normalized spacial score (nSPS) is 34.8.